The summed E-state index contributed by atoms with van der Waals surface area (Å²) in [7, 11) is 0. The molecule has 1 unspecified atom stereocenters. The maximum absolute atomic E-state index is 4.51. The maximum atomic E-state index is 4.51. The van der Waals surface area contributed by atoms with E-state index in [1.54, 1.807) is 0 Å². The van der Waals surface area contributed by atoms with Crippen molar-refractivity contribution in [3.8, 4) is 0 Å². The van der Waals surface area contributed by atoms with Crippen LogP contribution in [0.5, 0.6) is 0 Å². The number of nitrogens with zero attached hydrogens (tertiary/aromatic N) is 3. The largest absolute Gasteiger partial charge is 0.299 e. The van der Waals surface area contributed by atoms with Crippen molar-refractivity contribution in [2.75, 3.05) is 32.7 Å². The van der Waals surface area contributed by atoms with Crippen LogP contribution in [0.15, 0.2) is 6.20 Å². The van der Waals surface area contributed by atoms with E-state index in [1.165, 1.54) is 42.6 Å². The Morgan fingerprint density at radius 2 is 2.14 bits per heavy atom. The lowest BCUT2D eigenvalue weighted by atomic mass is 10.1. The highest BCUT2D eigenvalue weighted by Gasteiger charge is 2.34. The Morgan fingerprint density at radius 1 is 1.36 bits per heavy atom. The van der Waals surface area contributed by atoms with E-state index in [9.17, 15) is 0 Å². The van der Waals surface area contributed by atoms with E-state index in [2.05, 4.69) is 21.7 Å². The topological polar surface area (TPSA) is 19.4 Å². The molecule has 0 N–H and O–H groups in total. The van der Waals surface area contributed by atoms with Crippen molar-refractivity contribution in [2.24, 2.45) is 0 Å². The number of thiazole rings is 1. The van der Waals surface area contributed by atoms with Gasteiger partial charge in [-0.2, -0.15) is 0 Å². The van der Waals surface area contributed by atoms with Crippen LogP contribution in [0.2, 0.25) is 0 Å². The van der Waals surface area contributed by atoms with Gasteiger partial charge in [-0.05, 0) is 6.92 Å². The van der Waals surface area contributed by atoms with Crippen LogP contribution in [0.25, 0.3) is 0 Å². The molecule has 3 aliphatic rings. The lowest BCUT2D eigenvalue weighted by molar-refractivity contribution is 0.0123. The summed E-state index contributed by atoms with van der Waals surface area (Å²) >= 11 is 1.85. The molecular weight excluding hydrogens is 194 g/mol. The zero-order chi connectivity index (χ0) is 9.54. The molecule has 0 aliphatic carbocycles. The van der Waals surface area contributed by atoms with Gasteiger partial charge in [0.05, 0.1) is 6.04 Å². The van der Waals surface area contributed by atoms with Crippen molar-refractivity contribution >= 4 is 11.3 Å². The van der Waals surface area contributed by atoms with E-state index in [-0.39, 0.29) is 0 Å². The summed E-state index contributed by atoms with van der Waals surface area (Å²) in [4.78, 5) is 11.0. The summed E-state index contributed by atoms with van der Waals surface area (Å²) in [6.07, 6.45) is 2.00. The van der Waals surface area contributed by atoms with Crippen LogP contribution in [0.4, 0.5) is 0 Å². The quantitative estimate of drug-likeness (QED) is 0.691. The van der Waals surface area contributed by atoms with Gasteiger partial charge >= 0.3 is 0 Å². The Labute approximate surface area is 88.4 Å². The Morgan fingerprint density at radius 3 is 2.64 bits per heavy atom. The summed E-state index contributed by atoms with van der Waals surface area (Å²) in [5.41, 5.74) is 0. The van der Waals surface area contributed by atoms with E-state index in [0.29, 0.717) is 6.04 Å². The Bertz CT molecular complexity index is 328. The first-order valence-electron chi connectivity index (χ1n) is 5.21. The molecule has 3 saturated heterocycles. The molecule has 1 aromatic rings. The first kappa shape index (κ1) is 8.83. The molecule has 3 fully saturated rings. The second-order valence-corrected chi connectivity index (χ2v) is 5.43. The van der Waals surface area contributed by atoms with Gasteiger partial charge in [0.2, 0.25) is 0 Å². The molecule has 76 valence electrons. The summed E-state index contributed by atoms with van der Waals surface area (Å²) in [5.74, 6) is 0. The standard InChI is InChI=1S/C10H15N3S/c1-8-6-11-10(14-8)9-7-12-2-4-13(9)5-3-12/h6,9H,2-5,7H2,1H3. The van der Waals surface area contributed by atoms with Crippen LogP contribution in [0.1, 0.15) is 15.9 Å². The van der Waals surface area contributed by atoms with Crippen LogP contribution >= 0.6 is 11.3 Å². The third-order valence-electron chi connectivity index (χ3n) is 3.20. The average Bonchev–Trinajstić information content (AvgIpc) is 2.66. The van der Waals surface area contributed by atoms with Crippen LogP contribution in [0, 0.1) is 6.92 Å². The third-order valence-corrected chi connectivity index (χ3v) is 4.22. The second kappa shape index (κ2) is 3.29. The number of rotatable bonds is 1. The van der Waals surface area contributed by atoms with Crippen molar-refractivity contribution < 1.29 is 0 Å². The van der Waals surface area contributed by atoms with Gasteiger partial charge in [-0.15, -0.1) is 11.3 Å². The average molecular weight is 209 g/mol. The minimum absolute atomic E-state index is 0.580. The van der Waals surface area contributed by atoms with Gasteiger partial charge in [-0.3, -0.25) is 9.80 Å². The Hall–Kier alpha value is -0.450. The predicted molar refractivity (Wildman–Crippen MR) is 57.6 cm³/mol. The predicted octanol–water partition coefficient (Wildman–Crippen LogP) is 1.12. The summed E-state index contributed by atoms with van der Waals surface area (Å²) in [5, 5.41) is 1.31. The minimum Gasteiger partial charge on any atom is -0.299 e. The highest BCUT2D eigenvalue weighted by molar-refractivity contribution is 7.11. The van der Waals surface area contributed by atoms with Gasteiger partial charge < -0.3 is 0 Å². The van der Waals surface area contributed by atoms with Crippen LogP contribution in [-0.2, 0) is 0 Å². The van der Waals surface area contributed by atoms with E-state index < -0.39 is 0 Å². The van der Waals surface area contributed by atoms with Crippen LogP contribution < -0.4 is 0 Å². The van der Waals surface area contributed by atoms with Crippen molar-refractivity contribution in [3.05, 3.63) is 16.1 Å². The van der Waals surface area contributed by atoms with Crippen molar-refractivity contribution in [1.82, 2.24) is 14.8 Å². The second-order valence-electron chi connectivity index (χ2n) is 4.16. The van der Waals surface area contributed by atoms with Gasteiger partial charge in [0, 0.05) is 43.8 Å². The summed E-state index contributed by atoms with van der Waals surface area (Å²) in [6.45, 7) is 8.28. The fraction of sp³-hybridized carbons (Fsp3) is 0.700. The molecular formula is C10H15N3S. The van der Waals surface area contributed by atoms with E-state index in [0.717, 1.165) is 0 Å². The fourth-order valence-corrected chi connectivity index (χ4v) is 3.28. The maximum Gasteiger partial charge on any atom is 0.111 e. The molecule has 0 radical (unpaired) electrons. The molecule has 0 aromatic carbocycles. The lowest BCUT2D eigenvalue weighted by Crippen LogP contribution is -2.56. The zero-order valence-electron chi connectivity index (χ0n) is 8.44. The molecule has 0 amide bonds. The number of piperazine rings is 3. The molecule has 3 aliphatic heterocycles. The monoisotopic (exact) mass is 209 g/mol. The van der Waals surface area contributed by atoms with E-state index in [4.69, 9.17) is 0 Å². The summed E-state index contributed by atoms with van der Waals surface area (Å²) in [6, 6.07) is 0.580. The number of fused-ring (bicyclic) bond motifs is 3. The zero-order valence-corrected chi connectivity index (χ0v) is 9.26. The molecule has 1 aromatic heterocycles. The van der Waals surface area contributed by atoms with E-state index in [1.807, 2.05) is 17.5 Å². The van der Waals surface area contributed by atoms with Gasteiger partial charge in [-0.1, -0.05) is 0 Å². The highest BCUT2D eigenvalue weighted by Crippen LogP contribution is 2.30. The van der Waals surface area contributed by atoms with Crippen LogP contribution in [-0.4, -0.2) is 47.5 Å². The van der Waals surface area contributed by atoms with Crippen molar-refractivity contribution in [2.45, 2.75) is 13.0 Å². The number of aromatic nitrogens is 1. The molecule has 3 nitrogen and oxygen atoms in total. The molecule has 2 bridgehead atoms. The van der Waals surface area contributed by atoms with Gasteiger partial charge in [-0.25, -0.2) is 4.98 Å². The fourth-order valence-electron chi connectivity index (χ4n) is 2.38. The Kier molecular flexibility index (Phi) is 2.08. The third kappa shape index (κ3) is 1.38. The van der Waals surface area contributed by atoms with Gasteiger partial charge in [0.1, 0.15) is 5.01 Å². The molecule has 1 atom stereocenters. The van der Waals surface area contributed by atoms with Crippen LogP contribution in [0.3, 0.4) is 0 Å². The molecule has 4 heterocycles. The van der Waals surface area contributed by atoms with E-state index >= 15 is 0 Å². The SMILES string of the molecule is Cc1cnc(C2CN3CCN2CC3)s1. The highest BCUT2D eigenvalue weighted by atomic mass is 32.1. The van der Waals surface area contributed by atoms with Crippen molar-refractivity contribution in [3.63, 3.8) is 0 Å². The minimum atomic E-state index is 0.580. The first-order valence-corrected chi connectivity index (χ1v) is 6.03. The molecule has 4 rings (SSSR count). The molecule has 4 heteroatoms. The number of hydrogen-bond donors (Lipinski definition) is 0. The lowest BCUT2D eigenvalue weighted by Gasteiger charge is -2.46. The van der Waals surface area contributed by atoms with Gasteiger partial charge in [0.25, 0.3) is 0 Å². The molecule has 14 heavy (non-hydrogen) atoms. The smallest absolute Gasteiger partial charge is 0.111 e. The molecule has 0 saturated carbocycles. The normalized spacial score (nSPS) is 36.2. The number of hydrogen-bond acceptors (Lipinski definition) is 4. The summed E-state index contributed by atoms with van der Waals surface area (Å²) < 4.78 is 0. The van der Waals surface area contributed by atoms with Crippen molar-refractivity contribution in [1.29, 1.82) is 0 Å². The first-order chi connectivity index (χ1) is 6.83. The Balaban J connectivity index is 1.85. The number of aryl methyl sites for hydroxylation is 1. The van der Waals surface area contributed by atoms with Gasteiger partial charge in [0.15, 0.2) is 0 Å². The molecule has 0 spiro atoms.